The topological polar surface area (TPSA) is 30.3 Å². The predicted molar refractivity (Wildman–Crippen MR) is 84.8 cm³/mol. The van der Waals surface area contributed by atoms with Gasteiger partial charge in [-0.2, -0.15) is 5.10 Å². The number of halogens is 1. The molecule has 1 aromatic rings. The number of likely N-dealkylation sites (N-methyl/N-ethyl adjacent to an activating group) is 1. The van der Waals surface area contributed by atoms with Crippen LogP contribution in [0.5, 0.6) is 5.75 Å². The summed E-state index contributed by atoms with van der Waals surface area (Å²) in [4.78, 5) is 2.15. The fourth-order valence-electron chi connectivity index (χ4n) is 2.00. The average Bonchev–Trinajstić information content (AvgIpc) is 2.74. The maximum atomic E-state index is 6.47. The zero-order valence-corrected chi connectivity index (χ0v) is 14.4. The third-order valence-corrected chi connectivity index (χ3v) is 4.34. The van der Waals surface area contributed by atoms with Crippen molar-refractivity contribution in [3.8, 4) is 5.75 Å². The van der Waals surface area contributed by atoms with Crippen molar-refractivity contribution >= 4 is 11.6 Å². The molecule has 1 unspecified atom stereocenters. The molecule has 1 heterocycles. The molecule has 0 saturated heterocycles. The highest BCUT2D eigenvalue weighted by Crippen LogP contribution is 2.29. The first-order valence-corrected chi connectivity index (χ1v) is 7.56. The zero-order valence-electron chi connectivity index (χ0n) is 13.6. The van der Waals surface area contributed by atoms with E-state index in [1.807, 2.05) is 4.68 Å². The summed E-state index contributed by atoms with van der Waals surface area (Å²) in [6.45, 7) is 8.34. The Bertz CT molecular complexity index is 410. The van der Waals surface area contributed by atoms with Crippen molar-refractivity contribution in [1.29, 1.82) is 0 Å². The summed E-state index contributed by atoms with van der Waals surface area (Å²) >= 11 is 6.47. The summed E-state index contributed by atoms with van der Waals surface area (Å²) in [7, 11) is 5.82. The van der Waals surface area contributed by atoms with Crippen molar-refractivity contribution < 1.29 is 4.74 Å². The molecule has 0 aliphatic rings. The lowest BCUT2D eigenvalue weighted by atomic mass is 9.89. The molecule has 0 aromatic carbocycles. The molecule has 0 aliphatic heterocycles. The Morgan fingerprint density at radius 1 is 1.40 bits per heavy atom. The number of ether oxygens (including phenoxy) is 1. The highest BCUT2D eigenvalue weighted by Gasteiger charge is 2.23. The lowest BCUT2D eigenvalue weighted by Crippen LogP contribution is -2.23. The van der Waals surface area contributed by atoms with Crippen LogP contribution in [-0.2, 0) is 13.0 Å². The summed E-state index contributed by atoms with van der Waals surface area (Å²) in [5.41, 5.74) is 1.26. The summed E-state index contributed by atoms with van der Waals surface area (Å²) in [6.07, 6.45) is 3.61. The molecule has 1 aromatic heterocycles. The van der Waals surface area contributed by atoms with Gasteiger partial charge in [0.05, 0.1) is 25.5 Å². The first-order valence-electron chi connectivity index (χ1n) is 7.13. The van der Waals surface area contributed by atoms with Gasteiger partial charge in [0.1, 0.15) is 0 Å². The van der Waals surface area contributed by atoms with Gasteiger partial charge < -0.3 is 9.64 Å². The fraction of sp³-hybridized carbons (Fsp3) is 0.800. The van der Waals surface area contributed by atoms with Crippen LogP contribution in [0.1, 0.15) is 32.9 Å². The second kappa shape index (κ2) is 7.32. The Morgan fingerprint density at radius 2 is 2.05 bits per heavy atom. The van der Waals surface area contributed by atoms with Gasteiger partial charge in [-0.25, -0.2) is 0 Å². The molecular formula is C15H28ClN3O. The number of methoxy groups -OCH3 is 1. The van der Waals surface area contributed by atoms with Gasteiger partial charge >= 0.3 is 0 Å². The minimum Gasteiger partial charge on any atom is -0.493 e. The SMILES string of the molecule is COc1cnn(CCN(C)C)c1CCC(Cl)C(C)(C)C. The minimum atomic E-state index is 0.114. The average molecular weight is 302 g/mol. The van der Waals surface area contributed by atoms with E-state index in [1.54, 1.807) is 13.3 Å². The molecule has 0 aliphatic carbocycles. The molecule has 0 amide bonds. The van der Waals surface area contributed by atoms with Crippen LogP contribution in [0.3, 0.4) is 0 Å². The van der Waals surface area contributed by atoms with Crippen LogP contribution in [0.4, 0.5) is 0 Å². The van der Waals surface area contributed by atoms with Crippen LogP contribution in [0.15, 0.2) is 6.20 Å². The number of hydrogen-bond acceptors (Lipinski definition) is 3. The van der Waals surface area contributed by atoms with Gasteiger partial charge in [-0.1, -0.05) is 20.8 Å². The monoisotopic (exact) mass is 301 g/mol. The van der Waals surface area contributed by atoms with E-state index < -0.39 is 0 Å². The first-order chi connectivity index (χ1) is 9.25. The van der Waals surface area contributed by atoms with Gasteiger partial charge in [0.25, 0.3) is 0 Å². The third-order valence-electron chi connectivity index (χ3n) is 3.46. The molecule has 0 spiro atoms. The number of aromatic nitrogens is 2. The van der Waals surface area contributed by atoms with Crippen molar-refractivity contribution in [3.63, 3.8) is 0 Å². The van der Waals surface area contributed by atoms with E-state index in [1.165, 1.54) is 0 Å². The van der Waals surface area contributed by atoms with E-state index in [-0.39, 0.29) is 10.8 Å². The van der Waals surface area contributed by atoms with Crippen molar-refractivity contribution in [1.82, 2.24) is 14.7 Å². The van der Waals surface area contributed by atoms with Gasteiger partial charge in [-0.05, 0) is 32.4 Å². The van der Waals surface area contributed by atoms with Crippen molar-refractivity contribution in [3.05, 3.63) is 11.9 Å². The molecule has 0 radical (unpaired) electrons. The van der Waals surface area contributed by atoms with Crippen LogP contribution in [0.25, 0.3) is 0 Å². The van der Waals surface area contributed by atoms with Gasteiger partial charge in [0.15, 0.2) is 5.75 Å². The van der Waals surface area contributed by atoms with Crippen LogP contribution in [-0.4, -0.2) is 47.8 Å². The Hall–Kier alpha value is -0.740. The van der Waals surface area contributed by atoms with Crippen LogP contribution >= 0.6 is 11.6 Å². The lowest BCUT2D eigenvalue weighted by molar-refractivity contribution is 0.353. The first kappa shape index (κ1) is 17.3. The highest BCUT2D eigenvalue weighted by molar-refractivity contribution is 6.21. The molecule has 4 nitrogen and oxygen atoms in total. The molecule has 0 fully saturated rings. The van der Waals surface area contributed by atoms with E-state index in [0.29, 0.717) is 0 Å². The lowest BCUT2D eigenvalue weighted by Gasteiger charge is -2.25. The van der Waals surface area contributed by atoms with E-state index >= 15 is 0 Å². The standard InChI is InChI=1S/C15H28ClN3O/c1-15(2,3)14(16)8-7-12-13(20-6)11-17-19(12)10-9-18(4)5/h11,14H,7-10H2,1-6H3. The predicted octanol–water partition coefficient (Wildman–Crippen LogP) is 3.04. The number of hydrogen-bond donors (Lipinski definition) is 0. The summed E-state index contributed by atoms with van der Waals surface area (Å²) in [5, 5.41) is 4.56. The maximum Gasteiger partial charge on any atom is 0.159 e. The second-order valence-electron chi connectivity index (χ2n) is 6.56. The molecule has 5 heteroatoms. The molecule has 1 rings (SSSR count). The van der Waals surface area contributed by atoms with E-state index in [9.17, 15) is 0 Å². The molecule has 0 bridgehead atoms. The largest absolute Gasteiger partial charge is 0.493 e. The third kappa shape index (κ3) is 4.98. The van der Waals surface area contributed by atoms with Crippen LogP contribution < -0.4 is 4.74 Å². The second-order valence-corrected chi connectivity index (χ2v) is 7.09. The van der Waals surface area contributed by atoms with Crippen LogP contribution in [0.2, 0.25) is 0 Å². The zero-order chi connectivity index (χ0) is 15.3. The number of rotatable bonds is 7. The number of alkyl halides is 1. The Labute approximate surface area is 128 Å². The number of nitrogens with zero attached hydrogens (tertiary/aromatic N) is 3. The molecule has 0 N–H and O–H groups in total. The van der Waals surface area contributed by atoms with E-state index in [4.69, 9.17) is 16.3 Å². The quantitative estimate of drug-likeness (QED) is 0.725. The molecule has 0 saturated carbocycles. The van der Waals surface area contributed by atoms with Crippen molar-refractivity contribution in [2.24, 2.45) is 5.41 Å². The van der Waals surface area contributed by atoms with Gasteiger partial charge in [-0.15, -0.1) is 11.6 Å². The van der Waals surface area contributed by atoms with E-state index in [0.717, 1.165) is 37.4 Å². The minimum absolute atomic E-state index is 0.114. The molecule has 20 heavy (non-hydrogen) atoms. The van der Waals surface area contributed by atoms with Crippen LogP contribution in [0, 0.1) is 5.41 Å². The van der Waals surface area contributed by atoms with Gasteiger partial charge in [0.2, 0.25) is 0 Å². The molecule has 116 valence electrons. The Kier molecular flexibility index (Phi) is 6.34. The van der Waals surface area contributed by atoms with Crippen molar-refractivity contribution in [2.75, 3.05) is 27.7 Å². The highest BCUT2D eigenvalue weighted by atomic mass is 35.5. The smallest absolute Gasteiger partial charge is 0.159 e. The van der Waals surface area contributed by atoms with Gasteiger partial charge in [-0.3, -0.25) is 4.68 Å². The Balaban J connectivity index is 2.73. The summed E-state index contributed by atoms with van der Waals surface area (Å²) in [5.74, 6) is 0.863. The summed E-state index contributed by atoms with van der Waals surface area (Å²) < 4.78 is 7.44. The maximum absolute atomic E-state index is 6.47. The van der Waals surface area contributed by atoms with E-state index in [2.05, 4.69) is 44.9 Å². The molecular weight excluding hydrogens is 274 g/mol. The normalized spacial score (nSPS) is 13.8. The Morgan fingerprint density at radius 3 is 2.55 bits per heavy atom. The summed E-state index contributed by atoms with van der Waals surface area (Å²) in [6, 6.07) is 0. The fourth-order valence-corrected chi connectivity index (χ4v) is 2.11. The van der Waals surface area contributed by atoms with Crippen molar-refractivity contribution in [2.45, 2.75) is 45.5 Å². The molecule has 1 atom stereocenters. The van der Waals surface area contributed by atoms with Gasteiger partial charge in [0, 0.05) is 11.9 Å².